The van der Waals surface area contributed by atoms with E-state index in [9.17, 15) is 4.79 Å². The highest BCUT2D eigenvalue weighted by Crippen LogP contribution is 2.65. The Kier molecular flexibility index (Phi) is 4.90. The second kappa shape index (κ2) is 6.95. The molecule has 0 amide bonds. The van der Waals surface area contributed by atoms with Crippen molar-refractivity contribution in [2.24, 2.45) is 0 Å². The molecule has 0 N–H and O–H groups in total. The van der Waals surface area contributed by atoms with Gasteiger partial charge in [0.1, 0.15) is 10.1 Å². The van der Waals surface area contributed by atoms with E-state index in [-0.39, 0.29) is 32.2 Å². The number of ether oxygens (including phenoxy) is 1. The van der Waals surface area contributed by atoms with Gasteiger partial charge < -0.3 is 4.74 Å². The molecule has 0 unspecified atom stereocenters. The van der Waals surface area contributed by atoms with E-state index in [2.05, 4.69) is 0 Å². The highest BCUT2D eigenvalue weighted by atomic mass is 35.5. The summed E-state index contributed by atoms with van der Waals surface area (Å²) in [5.41, 5.74) is 1.84. The summed E-state index contributed by atoms with van der Waals surface area (Å²) in [4.78, 5) is 12.2. The molecule has 1 heterocycles. The van der Waals surface area contributed by atoms with Gasteiger partial charge in [-0.25, -0.2) is 0 Å². The smallest absolute Gasteiger partial charge is 0.218 e. The van der Waals surface area contributed by atoms with Crippen LogP contribution < -0.4 is 0 Å². The number of ketones is 1. The first-order chi connectivity index (χ1) is 12.9. The largest absolute Gasteiger partial charge is 0.354 e. The maximum atomic E-state index is 12.2. The van der Waals surface area contributed by atoms with E-state index in [0.717, 1.165) is 16.7 Å². The average Bonchev–Trinajstić information content (AvgIpc) is 2.66. The van der Waals surface area contributed by atoms with Gasteiger partial charge in [0.05, 0.1) is 22.1 Å². The van der Waals surface area contributed by atoms with Crippen LogP contribution in [-0.2, 0) is 9.53 Å². The summed E-state index contributed by atoms with van der Waals surface area (Å²) in [5.74, 6) is -0.870. The van der Waals surface area contributed by atoms with Crippen LogP contribution in [0.4, 0.5) is 0 Å². The zero-order valence-electron chi connectivity index (χ0n) is 14.2. The fraction of sp³-hybridized carbons (Fsp3) is 0.190. The van der Waals surface area contributed by atoms with Gasteiger partial charge >= 0.3 is 0 Å². The number of Topliss-reactive ketones (excluding diaryl/α,β-unsaturated/α-hetero) is 1. The summed E-state index contributed by atoms with van der Waals surface area (Å²) in [7, 11) is 0. The van der Waals surface area contributed by atoms with Crippen LogP contribution >= 0.6 is 46.4 Å². The summed E-state index contributed by atoms with van der Waals surface area (Å²) in [6.45, 7) is 2.02. The minimum Gasteiger partial charge on any atom is -0.354 e. The van der Waals surface area contributed by atoms with Crippen LogP contribution in [0, 0.1) is 6.92 Å². The van der Waals surface area contributed by atoms with Crippen molar-refractivity contribution in [1.29, 1.82) is 0 Å². The summed E-state index contributed by atoms with van der Waals surface area (Å²) in [5, 5.41) is -0.176. The van der Waals surface area contributed by atoms with E-state index in [1.54, 1.807) is 0 Å². The maximum absolute atomic E-state index is 12.2. The van der Waals surface area contributed by atoms with Crippen LogP contribution in [0.3, 0.4) is 0 Å². The number of allylic oxidation sites excluding steroid dienone is 2. The Morgan fingerprint density at radius 1 is 0.815 bits per heavy atom. The Labute approximate surface area is 177 Å². The number of hydrogen-bond acceptors (Lipinski definition) is 2. The zero-order chi connectivity index (χ0) is 19.3. The molecule has 1 saturated heterocycles. The summed E-state index contributed by atoms with van der Waals surface area (Å²) < 4.78 is 6.27. The van der Waals surface area contributed by atoms with Crippen LogP contribution in [0.2, 0.25) is 0 Å². The maximum Gasteiger partial charge on any atom is 0.218 e. The fourth-order valence-electron chi connectivity index (χ4n) is 3.66. The van der Waals surface area contributed by atoms with E-state index in [1.165, 1.54) is 0 Å². The SMILES string of the molecule is Cc1ccc([C@H]2OC3(C(Cl)=C(Cl)C(=O)C(Cl)=C3Cl)[C@@H]2c2ccccc2)cc1. The molecular weight excluding hydrogens is 426 g/mol. The summed E-state index contributed by atoms with van der Waals surface area (Å²) >= 11 is 25.4. The van der Waals surface area contributed by atoms with Crippen molar-refractivity contribution in [2.75, 3.05) is 0 Å². The first kappa shape index (κ1) is 19.0. The van der Waals surface area contributed by atoms with Gasteiger partial charge in [-0.15, -0.1) is 0 Å². The second-order valence-electron chi connectivity index (χ2n) is 6.66. The molecule has 2 aliphatic rings. The van der Waals surface area contributed by atoms with Crippen LogP contribution in [0.1, 0.15) is 28.7 Å². The topological polar surface area (TPSA) is 26.3 Å². The predicted molar refractivity (Wildman–Crippen MR) is 109 cm³/mol. The van der Waals surface area contributed by atoms with Crippen molar-refractivity contribution in [2.45, 2.75) is 24.5 Å². The molecule has 0 saturated carbocycles. The van der Waals surface area contributed by atoms with Gasteiger partial charge in [0.15, 0.2) is 5.60 Å². The third kappa shape index (κ3) is 2.78. The molecule has 0 bridgehead atoms. The first-order valence-corrected chi connectivity index (χ1v) is 9.84. The lowest BCUT2D eigenvalue weighted by Gasteiger charge is -2.56. The lowest BCUT2D eigenvalue weighted by atomic mass is 9.68. The highest BCUT2D eigenvalue weighted by Gasteiger charge is 2.64. The van der Waals surface area contributed by atoms with Crippen LogP contribution in [-0.4, -0.2) is 11.4 Å². The van der Waals surface area contributed by atoms with Gasteiger partial charge in [0.25, 0.3) is 0 Å². The molecule has 1 aliphatic carbocycles. The lowest BCUT2D eigenvalue weighted by Crippen LogP contribution is -2.56. The van der Waals surface area contributed by atoms with Crippen molar-refractivity contribution in [1.82, 2.24) is 0 Å². The number of halogens is 4. The molecule has 0 radical (unpaired) electrons. The molecule has 138 valence electrons. The molecule has 0 aromatic heterocycles. The van der Waals surface area contributed by atoms with Crippen LogP contribution in [0.15, 0.2) is 74.7 Å². The standard InChI is InChI=1S/C21H14Cl4O2/c1-11-7-9-13(10-8-11)18-14(12-5-3-2-4-6-12)21(27-18)19(24)15(22)17(26)16(23)20(21)25/h2-10,14,18H,1H3/t14-,18-/m1/s1. The van der Waals surface area contributed by atoms with E-state index < -0.39 is 11.4 Å². The molecule has 1 aliphatic heterocycles. The first-order valence-electron chi connectivity index (χ1n) is 8.33. The third-order valence-electron chi connectivity index (χ3n) is 5.05. The summed E-state index contributed by atoms with van der Waals surface area (Å²) in [6.07, 6.45) is -0.308. The van der Waals surface area contributed by atoms with Gasteiger partial charge in [0, 0.05) is 0 Å². The predicted octanol–water partition coefficient (Wildman–Crippen LogP) is 6.55. The number of carbonyl (C=O) groups is 1. The number of hydrogen-bond donors (Lipinski definition) is 0. The Hall–Kier alpha value is -1.29. The third-order valence-corrected chi connectivity index (χ3v) is 6.91. The van der Waals surface area contributed by atoms with Crippen LogP contribution in [0.25, 0.3) is 0 Å². The molecule has 2 aromatic carbocycles. The minimum absolute atomic E-state index is 0.0702. The van der Waals surface area contributed by atoms with E-state index >= 15 is 0 Å². The Morgan fingerprint density at radius 3 is 1.93 bits per heavy atom. The molecule has 2 nitrogen and oxygen atoms in total. The van der Waals surface area contributed by atoms with Crippen molar-refractivity contribution in [3.05, 3.63) is 91.4 Å². The van der Waals surface area contributed by atoms with Crippen LogP contribution in [0.5, 0.6) is 0 Å². The zero-order valence-corrected chi connectivity index (χ0v) is 17.2. The van der Waals surface area contributed by atoms with Gasteiger partial charge in [-0.2, -0.15) is 0 Å². The Bertz CT molecular complexity index is 949. The molecule has 27 heavy (non-hydrogen) atoms. The molecule has 1 spiro atoms. The van der Waals surface area contributed by atoms with Crippen molar-refractivity contribution in [3.8, 4) is 0 Å². The summed E-state index contributed by atoms with van der Waals surface area (Å²) in [6, 6.07) is 17.8. The average molecular weight is 440 g/mol. The fourth-order valence-corrected chi connectivity index (χ4v) is 4.91. The van der Waals surface area contributed by atoms with Crippen molar-refractivity contribution in [3.63, 3.8) is 0 Å². The quantitative estimate of drug-likeness (QED) is 0.530. The number of rotatable bonds is 2. The van der Waals surface area contributed by atoms with Crippen molar-refractivity contribution >= 4 is 52.2 Å². The van der Waals surface area contributed by atoms with E-state index in [0.29, 0.717) is 0 Å². The molecular formula is C21H14Cl4O2. The normalized spacial score (nSPS) is 24.4. The minimum atomic E-state index is -1.26. The van der Waals surface area contributed by atoms with Gasteiger partial charge in [-0.3, -0.25) is 4.79 Å². The molecule has 2 atom stereocenters. The van der Waals surface area contributed by atoms with E-state index in [4.69, 9.17) is 51.1 Å². The second-order valence-corrected chi connectivity index (χ2v) is 8.17. The number of benzene rings is 2. The van der Waals surface area contributed by atoms with Crippen molar-refractivity contribution < 1.29 is 9.53 Å². The molecule has 1 fully saturated rings. The number of aryl methyl sites for hydroxylation is 1. The number of carbonyl (C=O) groups excluding carboxylic acids is 1. The highest BCUT2D eigenvalue weighted by molar-refractivity contribution is 6.61. The monoisotopic (exact) mass is 438 g/mol. The van der Waals surface area contributed by atoms with E-state index in [1.807, 2.05) is 61.5 Å². The van der Waals surface area contributed by atoms with Gasteiger partial charge in [0.2, 0.25) is 5.78 Å². The molecule has 4 rings (SSSR count). The molecule has 2 aromatic rings. The van der Waals surface area contributed by atoms with Gasteiger partial charge in [-0.1, -0.05) is 107 Å². The Balaban J connectivity index is 1.89. The molecule has 6 heteroatoms. The van der Waals surface area contributed by atoms with Gasteiger partial charge in [-0.05, 0) is 18.1 Å². The Morgan fingerprint density at radius 2 is 1.37 bits per heavy atom. The lowest BCUT2D eigenvalue weighted by molar-refractivity contribution is -0.183.